The third-order valence-corrected chi connectivity index (χ3v) is 5.57. The number of aromatic nitrogens is 3. The Kier molecular flexibility index (Phi) is 8.20. The van der Waals surface area contributed by atoms with Gasteiger partial charge in [0.15, 0.2) is 0 Å². The number of hydrogen-bond donors (Lipinski definition) is 2. The number of anilines is 3. The van der Waals surface area contributed by atoms with Crippen LogP contribution >= 0.6 is 11.6 Å². The maximum absolute atomic E-state index is 13.4. The molecule has 2 aromatic heterocycles. The number of pyridine rings is 1. The van der Waals surface area contributed by atoms with Crippen LogP contribution in [-0.2, 0) is 9.53 Å². The SMILES string of the molecule is O=C(C#CCCCCN1CCOCC1)Nc1cc2c(Nc3ccc(F)c(Cl)c3)ncnc2cn1. The van der Waals surface area contributed by atoms with Crippen LogP contribution in [0.1, 0.15) is 19.3 Å². The number of benzene rings is 1. The van der Waals surface area contributed by atoms with Crippen molar-refractivity contribution in [3.05, 3.63) is 47.6 Å². The van der Waals surface area contributed by atoms with Gasteiger partial charge in [-0.3, -0.25) is 15.0 Å². The molecular formula is C24H24ClFN6O2. The van der Waals surface area contributed by atoms with E-state index in [1.54, 1.807) is 12.1 Å². The summed E-state index contributed by atoms with van der Waals surface area (Å²) in [6.07, 6.45) is 5.56. The van der Waals surface area contributed by atoms with E-state index in [4.69, 9.17) is 16.3 Å². The Morgan fingerprint density at radius 3 is 2.85 bits per heavy atom. The van der Waals surface area contributed by atoms with E-state index >= 15 is 0 Å². The molecule has 0 spiro atoms. The van der Waals surface area contributed by atoms with E-state index in [9.17, 15) is 9.18 Å². The first kappa shape index (κ1) is 23.8. The number of halogens is 2. The normalized spacial score (nSPS) is 13.8. The summed E-state index contributed by atoms with van der Waals surface area (Å²) in [5, 5.41) is 6.40. The van der Waals surface area contributed by atoms with E-state index in [2.05, 4.69) is 42.3 Å². The summed E-state index contributed by atoms with van der Waals surface area (Å²) in [4.78, 5) is 27.3. The van der Waals surface area contributed by atoms with Crippen molar-refractivity contribution in [3.8, 4) is 11.8 Å². The van der Waals surface area contributed by atoms with Gasteiger partial charge in [-0.15, -0.1) is 0 Å². The number of ether oxygens (including phenoxy) is 1. The largest absolute Gasteiger partial charge is 0.379 e. The minimum absolute atomic E-state index is 0.00218. The molecule has 1 aliphatic heterocycles. The number of carbonyl (C=O) groups excluding carboxylic acids is 1. The molecule has 1 amide bonds. The van der Waals surface area contributed by atoms with E-state index in [-0.39, 0.29) is 5.02 Å². The fraction of sp³-hybridized carbons (Fsp3) is 0.333. The van der Waals surface area contributed by atoms with Crippen molar-refractivity contribution in [1.82, 2.24) is 19.9 Å². The van der Waals surface area contributed by atoms with Gasteiger partial charge in [0.2, 0.25) is 0 Å². The van der Waals surface area contributed by atoms with Crippen LogP contribution < -0.4 is 10.6 Å². The molecule has 1 aromatic carbocycles. The molecule has 0 radical (unpaired) electrons. The zero-order valence-electron chi connectivity index (χ0n) is 18.5. The van der Waals surface area contributed by atoms with Gasteiger partial charge in [-0.25, -0.2) is 19.3 Å². The lowest BCUT2D eigenvalue weighted by Gasteiger charge is -2.26. The summed E-state index contributed by atoms with van der Waals surface area (Å²) in [5.41, 5.74) is 1.14. The molecule has 0 saturated carbocycles. The number of hydrogen-bond acceptors (Lipinski definition) is 7. The summed E-state index contributed by atoms with van der Waals surface area (Å²) in [5.74, 6) is 5.39. The lowest BCUT2D eigenvalue weighted by Crippen LogP contribution is -2.36. The Bertz CT molecular complexity index is 1220. The molecule has 0 aliphatic carbocycles. The summed E-state index contributed by atoms with van der Waals surface area (Å²) >= 11 is 5.86. The second-order valence-electron chi connectivity index (χ2n) is 7.73. The maximum Gasteiger partial charge on any atom is 0.301 e. The van der Waals surface area contributed by atoms with Crippen LogP contribution in [0.25, 0.3) is 10.9 Å². The average Bonchev–Trinajstić information content (AvgIpc) is 2.84. The quantitative estimate of drug-likeness (QED) is 0.388. The van der Waals surface area contributed by atoms with Gasteiger partial charge in [-0.05, 0) is 49.6 Å². The third kappa shape index (κ3) is 6.60. The minimum atomic E-state index is -0.507. The van der Waals surface area contributed by atoms with Crippen molar-refractivity contribution < 1.29 is 13.9 Å². The Balaban J connectivity index is 1.34. The summed E-state index contributed by atoms with van der Waals surface area (Å²) < 4.78 is 18.8. The highest BCUT2D eigenvalue weighted by Crippen LogP contribution is 2.26. The zero-order valence-corrected chi connectivity index (χ0v) is 19.2. The molecular weight excluding hydrogens is 459 g/mol. The van der Waals surface area contributed by atoms with Gasteiger partial charge in [0.25, 0.3) is 0 Å². The van der Waals surface area contributed by atoms with Crippen LogP contribution in [0.2, 0.25) is 5.02 Å². The highest BCUT2D eigenvalue weighted by atomic mass is 35.5. The van der Waals surface area contributed by atoms with Crippen molar-refractivity contribution in [2.45, 2.75) is 19.3 Å². The van der Waals surface area contributed by atoms with Gasteiger partial charge in [-0.1, -0.05) is 17.5 Å². The van der Waals surface area contributed by atoms with E-state index in [1.807, 2.05) is 0 Å². The first-order chi connectivity index (χ1) is 16.6. The molecule has 1 saturated heterocycles. The first-order valence-electron chi connectivity index (χ1n) is 11.0. The van der Waals surface area contributed by atoms with Crippen molar-refractivity contribution in [3.63, 3.8) is 0 Å². The number of nitrogens with zero attached hydrogens (tertiary/aromatic N) is 4. The van der Waals surface area contributed by atoms with Gasteiger partial charge in [0, 0.05) is 30.6 Å². The number of fused-ring (bicyclic) bond motifs is 1. The highest BCUT2D eigenvalue weighted by Gasteiger charge is 2.10. The highest BCUT2D eigenvalue weighted by molar-refractivity contribution is 6.31. The van der Waals surface area contributed by atoms with Crippen LogP contribution in [0.5, 0.6) is 0 Å². The first-order valence-corrected chi connectivity index (χ1v) is 11.4. The number of amides is 1. The molecule has 176 valence electrons. The second kappa shape index (κ2) is 11.7. The van der Waals surface area contributed by atoms with Gasteiger partial charge < -0.3 is 10.1 Å². The van der Waals surface area contributed by atoms with E-state index < -0.39 is 11.7 Å². The number of rotatable bonds is 7. The lowest BCUT2D eigenvalue weighted by atomic mass is 10.2. The Labute approximate surface area is 201 Å². The van der Waals surface area contributed by atoms with E-state index in [0.717, 1.165) is 45.7 Å². The number of carbonyl (C=O) groups is 1. The molecule has 34 heavy (non-hydrogen) atoms. The third-order valence-electron chi connectivity index (χ3n) is 5.28. The van der Waals surface area contributed by atoms with E-state index in [1.165, 1.54) is 24.7 Å². The standard InChI is InChI=1S/C24H24ClFN6O2/c25-19-13-17(6-7-20(19)26)30-24-18-14-22(27-15-21(18)28-16-29-24)31-23(33)5-3-1-2-4-8-32-9-11-34-12-10-32/h6-7,13-16H,1-2,4,8-12H2,(H,27,31,33)(H,28,29,30). The maximum atomic E-state index is 13.4. The molecule has 4 rings (SSSR count). The van der Waals surface area contributed by atoms with Gasteiger partial charge in [0.05, 0.1) is 29.9 Å². The number of unbranched alkanes of at least 4 members (excludes halogenated alkanes) is 2. The van der Waals surface area contributed by atoms with Crippen molar-refractivity contribution in [1.29, 1.82) is 0 Å². The van der Waals surface area contributed by atoms with Gasteiger partial charge in [-0.2, -0.15) is 0 Å². The van der Waals surface area contributed by atoms with Gasteiger partial charge in [0.1, 0.15) is 23.8 Å². The molecule has 8 nitrogen and oxygen atoms in total. The molecule has 1 fully saturated rings. The molecule has 0 unspecified atom stereocenters. The number of morpholine rings is 1. The minimum Gasteiger partial charge on any atom is -0.379 e. The molecule has 2 N–H and O–H groups in total. The summed E-state index contributed by atoms with van der Waals surface area (Å²) in [6.45, 7) is 4.58. The van der Waals surface area contributed by atoms with Crippen LogP contribution in [0.3, 0.4) is 0 Å². The van der Waals surface area contributed by atoms with Crippen LogP contribution in [-0.4, -0.2) is 58.6 Å². The molecule has 0 atom stereocenters. The van der Waals surface area contributed by atoms with Crippen molar-refractivity contribution in [2.75, 3.05) is 43.5 Å². The van der Waals surface area contributed by atoms with Gasteiger partial charge >= 0.3 is 5.91 Å². The van der Waals surface area contributed by atoms with Crippen LogP contribution in [0.15, 0.2) is 36.8 Å². The second-order valence-corrected chi connectivity index (χ2v) is 8.14. The topological polar surface area (TPSA) is 92.3 Å². The van der Waals surface area contributed by atoms with Crippen molar-refractivity contribution >= 4 is 45.7 Å². The fourth-order valence-electron chi connectivity index (χ4n) is 3.50. The lowest BCUT2D eigenvalue weighted by molar-refractivity contribution is -0.111. The molecule has 1 aliphatic rings. The van der Waals surface area contributed by atoms with E-state index in [0.29, 0.717) is 34.6 Å². The Morgan fingerprint density at radius 1 is 1.18 bits per heavy atom. The summed E-state index contributed by atoms with van der Waals surface area (Å²) in [6, 6.07) is 5.94. The Hall–Kier alpha value is -3.32. The summed E-state index contributed by atoms with van der Waals surface area (Å²) in [7, 11) is 0. The van der Waals surface area contributed by atoms with Crippen LogP contribution in [0.4, 0.5) is 21.7 Å². The van der Waals surface area contributed by atoms with Crippen LogP contribution in [0, 0.1) is 17.7 Å². The predicted octanol–water partition coefficient (Wildman–Crippen LogP) is 4.01. The number of nitrogens with one attached hydrogen (secondary N) is 2. The molecule has 10 heteroatoms. The molecule has 3 heterocycles. The predicted molar refractivity (Wildman–Crippen MR) is 130 cm³/mol. The van der Waals surface area contributed by atoms with Crippen molar-refractivity contribution in [2.24, 2.45) is 0 Å². The fourth-order valence-corrected chi connectivity index (χ4v) is 3.68. The monoisotopic (exact) mass is 482 g/mol. The Morgan fingerprint density at radius 2 is 2.03 bits per heavy atom. The average molecular weight is 483 g/mol. The smallest absolute Gasteiger partial charge is 0.301 e. The molecule has 3 aromatic rings. The zero-order chi connectivity index (χ0) is 23.8. The molecule has 0 bridgehead atoms.